The molecule has 1 atom stereocenters. The summed E-state index contributed by atoms with van der Waals surface area (Å²) in [5, 5.41) is 1.72. The first-order chi connectivity index (χ1) is 12.6. The molecule has 1 fully saturated rings. The van der Waals surface area contributed by atoms with E-state index in [1.54, 1.807) is 17.5 Å². The normalized spacial score (nSPS) is 16.8. The van der Waals surface area contributed by atoms with E-state index >= 15 is 0 Å². The van der Waals surface area contributed by atoms with Gasteiger partial charge in [0.25, 0.3) is 10.0 Å². The van der Waals surface area contributed by atoms with Gasteiger partial charge in [-0.2, -0.15) is 4.72 Å². The lowest BCUT2D eigenvalue weighted by Gasteiger charge is -2.26. The molecule has 0 bridgehead atoms. The number of thiophene rings is 1. The smallest absolute Gasteiger partial charge is 0.250 e. The van der Waals surface area contributed by atoms with Gasteiger partial charge in [0.05, 0.1) is 0 Å². The maximum Gasteiger partial charge on any atom is 0.250 e. The molecule has 1 aliphatic rings. The van der Waals surface area contributed by atoms with Crippen LogP contribution in [0.5, 0.6) is 0 Å². The molecule has 1 aromatic heterocycles. The van der Waals surface area contributed by atoms with E-state index in [9.17, 15) is 13.2 Å². The lowest BCUT2D eigenvalue weighted by atomic mass is 10.1. The molecule has 140 valence electrons. The summed E-state index contributed by atoms with van der Waals surface area (Å²) < 4.78 is 28.2. The zero-order chi connectivity index (χ0) is 18.4. The summed E-state index contributed by atoms with van der Waals surface area (Å²) in [4.78, 5) is 14.9. The number of likely N-dealkylation sites (tertiary alicyclic amines) is 1. The number of carbonyl (C=O) groups excluding carboxylic acids is 1. The fourth-order valence-corrected chi connectivity index (χ4v) is 5.40. The van der Waals surface area contributed by atoms with Crippen molar-refractivity contribution in [2.75, 3.05) is 13.1 Å². The van der Waals surface area contributed by atoms with E-state index in [1.807, 2.05) is 35.2 Å². The Labute approximate surface area is 159 Å². The number of carbonyl (C=O) groups is 1. The highest BCUT2D eigenvalue weighted by Crippen LogP contribution is 2.18. The predicted molar refractivity (Wildman–Crippen MR) is 104 cm³/mol. The molecule has 0 radical (unpaired) electrons. The minimum atomic E-state index is -3.71. The maximum absolute atomic E-state index is 13.1. The molecule has 3 rings (SSSR count). The summed E-state index contributed by atoms with van der Waals surface area (Å²) >= 11 is 1.15. The van der Waals surface area contributed by atoms with Gasteiger partial charge in [-0.15, -0.1) is 11.3 Å². The minimum Gasteiger partial charge on any atom is -0.341 e. The van der Waals surface area contributed by atoms with E-state index in [4.69, 9.17) is 0 Å². The number of nitrogens with zero attached hydrogens (tertiary/aromatic N) is 1. The first-order valence-corrected chi connectivity index (χ1v) is 11.3. The Kier molecular flexibility index (Phi) is 6.45. The van der Waals surface area contributed by atoms with Gasteiger partial charge in [0, 0.05) is 13.1 Å². The summed E-state index contributed by atoms with van der Waals surface area (Å²) in [5.41, 5.74) is 0.939. The average molecular weight is 393 g/mol. The van der Waals surface area contributed by atoms with E-state index in [0.717, 1.165) is 42.6 Å². The van der Waals surface area contributed by atoms with Crippen molar-refractivity contribution < 1.29 is 13.2 Å². The number of amides is 1. The molecule has 1 amide bonds. The van der Waals surface area contributed by atoms with Crippen molar-refractivity contribution in [1.29, 1.82) is 0 Å². The van der Waals surface area contributed by atoms with Crippen molar-refractivity contribution in [3.8, 4) is 0 Å². The molecule has 0 saturated carbocycles. The van der Waals surface area contributed by atoms with Crippen LogP contribution in [0.4, 0.5) is 0 Å². The molecule has 0 aliphatic carbocycles. The van der Waals surface area contributed by atoms with Gasteiger partial charge in [0.1, 0.15) is 10.3 Å². The number of hydrogen-bond acceptors (Lipinski definition) is 4. The number of sulfonamides is 1. The van der Waals surface area contributed by atoms with E-state index in [0.29, 0.717) is 19.5 Å². The molecule has 1 unspecified atom stereocenters. The van der Waals surface area contributed by atoms with Crippen LogP contribution in [0.15, 0.2) is 52.1 Å². The SMILES string of the molecule is O=C(C(Cc1ccccc1)NS(=O)(=O)c1cccs1)N1CCCCCC1. The number of nitrogens with one attached hydrogen (secondary N) is 1. The summed E-state index contributed by atoms with van der Waals surface area (Å²) in [5.74, 6) is -0.129. The molecule has 1 N–H and O–H groups in total. The Morgan fingerprint density at radius 2 is 1.73 bits per heavy atom. The van der Waals surface area contributed by atoms with Gasteiger partial charge < -0.3 is 4.90 Å². The van der Waals surface area contributed by atoms with Crippen LogP contribution < -0.4 is 4.72 Å². The highest BCUT2D eigenvalue weighted by molar-refractivity contribution is 7.91. The van der Waals surface area contributed by atoms with Gasteiger partial charge in [-0.05, 0) is 36.3 Å². The summed E-state index contributed by atoms with van der Waals surface area (Å²) in [6, 6.07) is 12.0. The van der Waals surface area contributed by atoms with Crippen LogP contribution in [-0.4, -0.2) is 38.4 Å². The standard InChI is InChI=1S/C19H24N2O3S2/c22-19(21-12-6-1-2-7-13-21)17(15-16-9-4-3-5-10-16)20-26(23,24)18-11-8-14-25-18/h3-5,8-11,14,17,20H,1-2,6-7,12-13,15H2. The van der Waals surface area contributed by atoms with Crippen LogP contribution in [0.1, 0.15) is 31.2 Å². The van der Waals surface area contributed by atoms with Gasteiger partial charge in [0.15, 0.2) is 0 Å². The third kappa shape index (κ3) is 4.93. The van der Waals surface area contributed by atoms with Gasteiger partial charge in [-0.1, -0.05) is 49.2 Å². The Balaban J connectivity index is 1.82. The molecule has 1 saturated heterocycles. The fraction of sp³-hybridized carbons (Fsp3) is 0.421. The topological polar surface area (TPSA) is 66.5 Å². The molecule has 2 aromatic rings. The highest BCUT2D eigenvalue weighted by Gasteiger charge is 2.30. The number of benzene rings is 1. The van der Waals surface area contributed by atoms with Crippen molar-refractivity contribution in [3.63, 3.8) is 0 Å². The van der Waals surface area contributed by atoms with E-state index in [2.05, 4.69) is 4.72 Å². The molecular formula is C19H24N2O3S2. The van der Waals surface area contributed by atoms with Crippen LogP contribution in [-0.2, 0) is 21.2 Å². The van der Waals surface area contributed by atoms with Crippen LogP contribution in [0.25, 0.3) is 0 Å². The Morgan fingerprint density at radius 1 is 1.04 bits per heavy atom. The van der Waals surface area contributed by atoms with Gasteiger partial charge in [-0.3, -0.25) is 4.79 Å². The molecule has 1 aliphatic heterocycles. The average Bonchev–Trinajstić information content (AvgIpc) is 3.06. The molecular weight excluding hydrogens is 368 g/mol. The second-order valence-corrected chi connectivity index (χ2v) is 9.42. The lowest BCUT2D eigenvalue weighted by molar-refractivity contribution is -0.132. The van der Waals surface area contributed by atoms with Crippen LogP contribution in [0, 0.1) is 0 Å². The Bertz CT molecular complexity index is 797. The molecule has 0 spiro atoms. The molecule has 26 heavy (non-hydrogen) atoms. The van der Waals surface area contributed by atoms with Gasteiger partial charge >= 0.3 is 0 Å². The summed E-state index contributed by atoms with van der Waals surface area (Å²) in [6.45, 7) is 1.40. The van der Waals surface area contributed by atoms with Crippen molar-refractivity contribution in [2.24, 2.45) is 0 Å². The Morgan fingerprint density at radius 3 is 2.35 bits per heavy atom. The molecule has 2 heterocycles. The number of rotatable bonds is 6. The van der Waals surface area contributed by atoms with Crippen LogP contribution in [0.2, 0.25) is 0 Å². The van der Waals surface area contributed by atoms with Crippen LogP contribution in [0.3, 0.4) is 0 Å². The summed E-state index contributed by atoms with van der Waals surface area (Å²) in [6.07, 6.45) is 4.53. The van der Waals surface area contributed by atoms with Crippen molar-refractivity contribution in [1.82, 2.24) is 9.62 Å². The van der Waals surface area contributed by atoms with Crippen molar-refractivity contribution in [3.05, 3.63) is 53.4 Å². The fourth-order valence-electron chi connectivity index (χ4n) is 3.20. The van der Waals surface area contributed by atoms with Gasteiger partial charge in [-0.25, -0.2) is 8.42 Å². The lowest BCUT2D eigenvalue weighted by Crippen LogP contribution is -2.49. The van der Waals surface area contributed by atoms with Crippen molar-refractivity contribution >= 4 is 27.3 Å². The molecule has 1 aromatic carbocycles. The quantitative estimate of drug-likeness (QED) is 0.822. The third-order valence-corrected chi connectivity index (χ3v) is 7.42. The minimum absolute atomic E-state index is 0.129. The predicted octanol–water partition coefficient (Wildman–Crippen LogP) is 3.04. The first-order valence-electron chi connectivity index (χ1n) is 8.95. The molecule has 7 heteroatoms. The zero-order valence-electron chi connectivity index (χ0n) is 14.6. The highest BCUT2D eigenvalue weighted by atomic mass is 32.2. The van der Waals surface area contributed by atoms with E-state index in [1.165, 1.54) is 0 Å². The second kappa shape index (κ2) is 8.79. The largest absolute Gasteiger partial charge is 0.341 e. The molecule has 5 nitrogen and oxygen atoms in total. The van der Waals surface area contributed by atoms with Gasteiger partial charge in [0.2, 0.25) is 5.91 Å². The van der Waals surface area contributed by atoms with Crippen LogP contribution >= 0.6 is 11.3 Å². The monoisotopic (exact) mass is 392 g/mol. The third-order valence-electron chi connectivity index (χ3n) is 4.56. The maximum atomic E-state index is 13.1. The van der Waals surface area contributed by atoms with E-state index < -0.39 is 16.1 Å². The van der Waals surface area contributed by atoms with Crippen molar-refractivity contribution in [2.45, 2.75) is 42.4 Å². The zero-order valence-corrected chi connectivity index (χ0v) is 16.3. The second-order valence-electron chi connectivity index (χ2n) is 6.54. The summed E-state index contributed by atoms with van der Waals surface area (Å²) in [7, 11) is -3.71. The number of hydrogen-bond donors (Lipinski definition) is 1. The van der Waals surface area contributed by atoms with E-state index in [-0.39, 0.29) is 10.1 Å². The Hall–Kier alpha value is -1.70. The first kappa shape index (κ1) is 19.1.